The van der Waals surface area contributed by atoms with Crippen LogP contribution in [0.1, 0.15) is 68.0 Å². The van der Waals surface area contributed by atoms with Gasteiger partial charge in [-0.3, -0.25) is 0 Å². The fraction of sp³-hybridized carbons (Fsp3) is 0.636. The van der Waals surface area contributed by atoms with Gasteiger partial charge in [-0.2, -0.15) is 0 Å². The highest BCUT2D eigenvalue weighted by atomic mass is 19.1. The molecule has 1 unspecified atom stereocenters. The highest BCUT2D eigenvalue weighted by molar-refractivity contribution is 5.85. The second-order valence-corrected chi connectivity index (χ2v) is 8.48. The maximum atomic E-state index is 14.0. The van der Waals surface area contributed by atoms with Crippen molar-refractivity contribution >= 4 is 16.6 Å². The lowest BCUT2D eigenvalue weighted by molar-refractivity contribution is -0.139. The van der Waals surface area contributed by atoms with E-state index in [1.165, 1.54) is 12.5 Å². The quantitative estimate of drug-likeness (QED) is 0.663. The van der Waals surface area contributed by atoms with E-state index in [0.29, 0.717) is 13.2 Å². The zero-order valence-electron chi connectivity index (χ0n) is 17.1. The molecule has 5 heteroatoms. The molecule has 2 N–H and O–H groups in total. The molecule has 1 aliphatic heterocycles. The third kappa shape index (κ3) is 5.45. The molecule has 1 atom stereocenters. The third-order valence-electron chi connectivity index (χ3n) is 4.24. The Kier molecular flexibility index (Phi) is 7.48. The van der Waals surface area contributed by atoms with Crippen LogP contribution in [-0.4, -0.2) is 23.1 Å². The summed E-state index contributed by atoms with van der Waals surface area (Å²) < 4.78 is 27.7. The number of benzene rings is 1. The zero-order valence-corrected chi connectivity index (χ0v) is 17.1. The van der Waals surface area contributed by atoms with E-state index in [0.717, 1.165) is 16.6 Å². The molecule has 154 valence electrons. The molecule has 0 spiro atoms. The lowest BCUT2D eigenvalue weighted by atomic mass is 9.92. The van der Waals surface area contributed by atoms with Crippen LogP contribution < -0.4 is 5.73 Å². The van der Waals surface area contributed by atoms with Crippen molar-refractivity contribution < 1.29 is 13.9 Å². The summed E-state index contributed by atoms with van der Waals surface area (Å²) in [6.45, 7) is 15.7. The summed E-state index contributed by atoms with van der Waals surface area (Å²) >= 11 is 0. The number of anilines is 1. The third-order valence-corrected chi connectivity index (χ3v) is 4.24. The first kappa shape index (κ1) is 23.4. The molecule has 1 aromatic carbocycles. The number of aromatic nitrogens is 1. The summed E-state index contributed by atoms with van der Waals surface area (Å²) in [5.74, 6) is -0.952. The summed E-state index contributed by atoms with van der Waals surface area (Å²) in [5.41, 5.74) is 7.80. The van der Waals surface area contributed by atoms with Gasteiger partial charge in [0.25, 0.3) is 0 Å². The van der Waals surface area contributed by atoms with Gasteiger partial charge in [0.05, 0.1) is 24.4 Å². The molecule has 0 radical (unpaired) electrons. The van der Waals surface area contributed by atoms with Gasteiger partial charge in [-0.15, -0.1) is 0 Å². The number of halogens is 1. The standard InChI is InChI=1S/C18H25FN2O2.C3H8.CH4/c1-17(2,3)16-7-11-6-14(20)13(19)8-15(11)21(16)9-12-10-22-18(4,5)23-12;1-3-2;/h6-8,12H,9-10,20H2,1-5H3;3H2,1-2H3;1H4. The lowest BCUT2D eigenvalue weighted by Gasteiger charge is -2.24. The van der Waals surface area contributed by atoms with Crippen molar-refractivity contribution in [2.45, 2.75) is 86.2 Å². The predicted molar refractivity (Wildman–Crippen MR) is 113 cm³/mol. The Bertz CT molecular complexity index is 760. The predicted octanol–water partition coefficient (Wildman–Crippen LogP) is 5.86. The zero-order chi connectivity index (χ0) is 19.7. The van der Waals surface area contributed by atoms with Crippen LogP contribution in [-0.2, 0) is 21.4 Å². The van der Waals surface area contributed by atoms with E-state index in [1.54, 1.807) is 6.07 Å². The molecule has 27 heavy (non-hydrogen) atoms. The first-order valence-corrected chi connectivity index (χ1v) is 9.39. The van der Waals surface area contributed by atoms with Crippen LogP contribution in [0.5, 0.6) is 0 Å². The minimum atomic E-state index is -0.564. The van der Waals surface area contributed by atoms with Crippen LogP contribution in [0.4, 0.5) is 10.1 Å². The number of nitrogen functional groups attached to an aromatic ring is 1. The Morgan fingerprint density at radius 2 is 1.81 bits per heavy atom. The summed E-state index contributed by atoms with van der Waals surface area (Å²) in [5, 5.41) is 0.951. The van der Waals surface area contributed by atoms with Crippen molar-refractivity contribution in [2.75, 3.05) is 12.3 Å². The van der Waals surface area contributed by atoms with Gasteiger partial charge in [0, 0.05) is 22.6 Å². The van der Waals surface area contributed by atoms with Crippen molar-refractivity contribution in [3.63, 3.8) is 0 Å². The summed E-state index contributed by atoms with van der Waals surface area (Å²) in [6.07, 6.45) is 1.20. The van der Waals surface area contributed by atoms with Crippen LogP contribution in [0.2, 0.25) is 0 Å². The molecule has 2 aromatic rings. The number of nitrogens with zero attached hydrogens (tertiary/aromatic N) is 1. The molecule has 0 bridgehead atoms. The Hall–Kier alpha value is -1.59. The van der Waals surface area contributed by atoms with Gasteiger partial charge < -0.3 is 19.8 Å². The smallest absolute Gasteiger partial charge is 0.163 e. The summed E-state index contributed by atoms with van der Waals surface area (Å²) in [6, 6.07) is 5.30. The van der Waals surface area contributed by atoms with E-state index in [-0.39, 0.29) is 30.5 Å². The molecule has 2 heterocycles. The monoisotopic (exact) mass is 380 g/mol. The second-order valence-electron chi connectivity index (χ2n) is 8.48. The largest absolute Gasteiger partial charge is 0.396 e. The van der Waals surface area contributed by atoms with Crippen molar-refractivity contribution in [3.8, 4) is 0 Å². The summed E-state index contributed by atoms with van der Waals surface area (Å²) in [4.78, 5) is 0. The summed E-state index contributed by atoms with van der Waals surface area (Å²) in [7, 11) is 0. The van der Waals surface area contributed by atoms with Crippen molar-refractivity contribution in [1.82, 2.24) is 4.57 Å². The fourth-order valence-corrected chi connectivity index (χ4v) is 3.18. The second kappa shape index (κ2) is 8.61. The molecule has 1 saturated heterocycles. The molecule has 1 aromatic heterocycles. The van der Waals surface area contributed by atoms with Gasteiger partial charge in [0.15, 0.2) is 5.79 Å². The van der Waals surface area contributed by atoms with Crippen LogP contribution in [0.25, 0.3) is 10.9 Å². The Morgan fingerprint density at radius 1 is 1.22 bits per heavy atom. The van der Waals surface area contributed by atoms with Crippen molar-refractivity contribution in [2.24, 2.45) is 0 Å². The normalized spacial score (nSPS) is 18.7. The average Bonchev–Trinajstić information content (AvgIpc) is 3.01. The van der Waals surface area contributed by atoms with Gasteiger partial charge in [0.2, 0.25) is 0 Å². The van der Waals surface area contributed by atoms with E-state index >= 15 is 0 Å². The molecule has 0 aliphatic carbocycles. The minimum absolute atomic E-state index is 0. The van der Waals surface area contributed by atoms with Gasteiger partial charge in [-0.25, -0.2) is 4.39 Å². The number of rotatable bonds is 2. The number of hydrogen-bond acceptors (Lipinski definition) is 3. The highest BCUT2D eigenvalue weighted by Crippen LogP contribution is 2.33. The van der Waals surface area contributed by atoms with E-state index in [4.69, 9.17) is 15.2 Å². The minimum Gasteiger partial charge on any atom is -0.396 e. The Morgan fingerprint density at radius 3 is 2.30 bits per heavy atom. The molecular weight excluding hydrogens is 343 g/mol. The molecule has 0 saturated carbocycles. The van der Waals surface area contributed by atoms with E-state index in [2.05, 4.69) is 45.3 Å². The highest BCUT2D eigenvalue weighted by Gasteiger charge is 2.34. The van der Waals surface area contributed by atoms with Crippen molar-refractivity contribution in [1.29, 1.82) is 0 Å². The van der Waals surface area contributed by atoms with E-state index in [9.17, 15) is 4.39 Å². The lowest BCUT2D eigenvalue weighted by Crippen LogP contribution is -2.26. The SMILES string of the molecule is C.CC1(C)OCC(Cn2c(C(C)(C)C)cc3cc(N)c(F)cc32)O1.CCC. The van der Waals surface area contributed by atoms with Crippen LogP contribution in [0.3, 0.4) is 0 Å². The van der Waals surface area contributed by atoms with Gasteiger partial charge in [-0.1, -0.05) is 48.5 Å². The Balaban J connectivity index is 0.000000855. The topological polar surface area (TPSA) is 49.4 Å². The molecule has 4 nitrogen and oxygen atoms in total. The number of nitrogens with two attached hydrogens (primary N) is 1. The van der Waals surface area contributed by atoms with Gasteiger partial charge in [0.1, 0.15) is 11.9 Å². The first-order chi connectivity index (χ1) is 12.0. The maximum Gasteiger partial charge on any atom is 0.163 e. The Labute approximate surface area is 163 Å². The number of fused-ring (bicyclic) bond motifs is 1. The molecule has 1 aliphatic rings. The van der Waals surface area contributed by atoms with Crippen molar-refractivity contribution in [3.05, 3.63) is 29.7 Å². The van der Waals surface area contributed by atoms with Crippen LogP contribution in [0.15, 0.2) is 18.2 Å². The molecule has 1 fully saturated rings. The molecular formula is C22H37FN2O2. The van der Waals surface area contributed by atoms with Gasteiger partial charge >= 0.3 is 0 Å². The van der Waals surface area contributed by atoms with Gasteiger partial charge in [-0.05, 0) is 26.0 Å². The average molecular weight is 381 g/mol. The maximum absolute atomic E-state index is 14.0. The van der Waals surface area contributed by atoms with Crippen LogP contribution >= 0.6 is 0 Å². The van der Waals surface area contributed by atoms with E-state index in [1.807, 2.05) is 13.8 Å². The number of ether oxygens (including phenoxy) is 2. The van der Waals surface area contributed by atoms with Crippen LogP contribution in [0, 0.1) is 5.82 Å². The number of hydrogen-bond donors (Lipinski definition) is 1. The molecule has 0 amide bonds. The van der Waals surface area contributed by atoms with E-state index < -0.39 is 5.79 Å². The first-order valence-electron chi connectivity index (χ1n) is 9.39. The fourth-order valence-electron chi connectivity index (χ4n) is 3.18. The molecule has 3 rings (SSSR count).